The Kier molecular flexibility index (Phi) is 5.05. The fourth-order valence-electron chi connectivity index (χ4n) is 2.75. The first-order chi connectivity index (χ1) is 11.2. The minimum Gasteiger partial charge on any atom is -0.381 e. The van der Waals surface area contributed by atoms with Crippen LogP contribution in [0.5, 0.6) is 0 Å². The molecule has 5 nitrogen and oxygen atoms in total. The molecule has 0 saturated carbocycles. The lowest BCUT2D eigenvalue weighted by Gasteiger charge is -2.34. The van der Waals surface area contributed by atoms with E-state index in [0.717, 1.165) is 16.3 Å². The predicted octanol–water partition coefficient (Wildman–Crippen LogP) is 2.18. The first kappa shape index (κ1) is 16.1. The van der Waals surface area contributed by atoms with Gasteiger partial charge in [-0.2, -0.15) is 0 Å². The van der Waals surface area contributed by atoms with Crippen molar-refractivity contribution < 1.29 is 9.53 Å². The molecule has 2 aromatic rings. The third kappa shape index (κ3) is 3.60. The lowest BCUT2D eigenvalue weighted by atomic mass is 9.79. The highest BCUT2D eigenvalue weighted by atomic mass is 32.1. The maximum absolute atomic E-state index is 12.5. The highest BCUT2D eigenvalue weighted by molar-refractivity contribution is 7.13. The van der Waals surface area contributed by atoms with E-state index < -0.39 is 5.41 Å². The summed E-state index contributed by atoms with van der Waals surface area (Å²) in [6.07, 6.45) is 1.36. The molecule has 1 amide bonds. The molecule has 6 heteroatoms. The van der Waals surface area contributed by atoms with Gasteiger partial charge in [-0.25, -0.2) is 4.98 Å². The molecule has 0 spiro atoms. The van der Waals surface area contributed by atoms with Crippen molar-refractivity contribution >= 4 is 17.2 Å². The first-order valence-corrected chi connectivity index (χ1v) is 8.67. The highest BCUT2D eigenvalue weighted by Gasteiger charge is 2.38. The van der Waals surface area contributed by atoms with Gasteiger partial charge in [0.15, 0.2) is 0 Å². The molecule has 1 aliphatic rings. The van der Waals surface area contributed by atoms with Crippen LogP contribution in [0.25, 0.3) is 10.6 Å². The number of nitrogens with zero attached hydrogens (tertiary/aromatic N) is 1. The number of amides is 1. The molecule has 1 aromatic carbocycles. The molecular formula is C17H21N3O2S. The maximum atomic E-state index is 12.5. The van der Waals surface area contributed by atoms with Gasteiger partial charge in [0.1, 0.15) is 5.01 Å². The fraction of sp³-hybridized carbons (Fsp3) is 0.412. The predicted molar refractivity (Wildman–Crippen MR) is 90.9 cm³/mol. The summed E-state index contributed by atoms with van der Waals surface area (Å²) in [6.45, 7) is 1.98. The molecule has 0 unspecified atom stereocenters. The molecule has 0 aliphatic carbocycles. The Balaban J connectivity index is 1.62. The van der Waals surface area contributed by atoms with E-state index >= 15 is 0 Å². The van der Waals surface area contributed by atoms with E-state index in [1.807, 2.05) is 35.7 Å². The van der Waals surface area contributed by atoms with Crippen molar-refractivity contribution in [1.29, 1.82) is 0 Å². The second-order valence-corrected chi connectivity index (χ2v) is 6.65. The van der Waals surface area contributed by atoms with Crippen LogP contribution in [0.2, 0.25) is 0 Å². The average molecular weight is 331 g/mol. The van der Waals surface area contributed by atoms with Gasteiger partial charge in [-0.05, 0) is 12.8 Å². The van der Waals surface area contributed by atoms with Crippen LogP contribution < -0.4 is 11.1 Å². The number of benzene rings is 1. The summed E-state index contributed by atoms with van der Waals surface area (Å²) in [7, 11) is 0. The number of hydrogen-bond acceptors (Lipinski definition) is 5. The van der Waals surface area contributed by atoms with Crippen molar-refractivity contribution in [2.24, 2.45) is 11.1 Å². The first-order valence-electron chi connectivity index (χ1n) is 7.79. The van der Waals surface area contributed by atoms with Gasteiger partial charge in [-0.15, -0.1) is 11.3 Å². The Labute approximate surface area is 139 Å². The average Bonchev–Trinajstić information content (AvgIpc) is 3.10. The third-order valence-electron chi connectivity index (χ3n) is 4.32. The molecular weight excluding hydrogens is 310 g/mol. The summed E-state index contributed by atoms with van der Waals surface area (Å²) in [5.41, 5.74) is 7.34. The molecule has 0 bridgehead atoms. The van der Waals surface area contributed by atoms with Crippen LogP contribution in [-0.2, 0) is 16.1 Å². The number of nitrogens with one attached hydrogen (secondary N) is 1. The highest BCUT2D eigenvalue weighted by Crippen LogP contribution is 2.30. The summed E-state index contributed by atoms with van der Waals surface area (Å²) in [5.74, 6) is 0.0116. The standard InChI is InChI=1S/C17H21N3O2S/c18-12-17(6-8-22-9-7-17)16(21)19-10-14-11-23-15(20-14)13-4-2-1-3-5-13/h1-5,11H,6-10,12,18H2,(H,19,21). The molecule has 1 saturated heterocycles. The summed E-state index contributed by atoms with van der Waals surface area (Å²) in [4.78, 5) is 17.1. The van der Waals surface area contributed by atoms with Gasteiger partial charge in [-0.3, -0.25) is 4.79 Å². The van der Waals surface area contributed by atoms with E-state index in [0.29, 0.717) is 39.1 Å². The molecule has 122 valence electrons. The van der Waals surface area contributed by atoms with E-state index in [1.54, 1.807) is 11.3 Å². The number of hydrogen-bond donors (Lipinski definition) is 2. The van der Waals surface area contributed by atoms with Crippen LogP contribution in [0.15, 0.2) is 35.7 Å². The largest absolute Gasteiger partial charge is 0.381 e. The summed E-state index contributed by atoms with van der Waals surface area (Å²) in [6, 6.07) is 10.0. The topological polar surface area (TPSA) is 77.2 Å². The molecule has 0 radical (unpaired) electrons. The molecule has 23 heavy (non-hydrogen) atoms. The lowest BCUT2D eigenvalue weighted by molar-refractivity contribution is -0.136. The summed E-state index contributed by atoms with van der Waals surface area (Å²) < 4.78 is 5.35. The number of carbonyl (C=O) groups excluding carboxylic acids is 1. The zero-order valence-corrected chi connectivity index (χ0v) is 13.8. The van der Waals surface area contributed by atoms with Crippen molar-refractivity contribution in [3.8, 4) is 10.6 Å². The monoisotopic (exact) mass is 331 g/mol. The Bertz CT molecular complexity index is 651. The number of nitrogens with two attached hydrogens (primary N) is 1. The second kappa shape index (κ2) is 7.21. The Hall–Kier alpha value is -1.76. The number of rotatable bonds is 5. The number of aromatic nitrogens is 1. The van der Waals surface area contributed by atoms with Crippen molar-refractivity contribution in [3.63, 3.8) is 0 Å². The minimum absolute atomic E-state index is 0.0116. The van der Waals surface area contributed by atoms with Gasteiger partial charge >= 0.3 is 0 Å². The summed E-state index contributed by atoms with van der Waals surface area (Å²) >= 11 is 1.59. The van der Waals surface area contributed by atoms with Crippen molar-refractivity contribution in [2.45, 2.75) is 19.4 Å². The van der Waals surface area contributed by atoms with Crippen molar-refractivity contribution in [2.75, 3.05) is 19.8 Å². The zero-order chi connectivity index (χ0) is 16.1. The number of ether oxygens (including phenoxy) is 1. The fourth-order valence-corrected chi connectivity index (χ4v) is 3.57. The van der Waals surface area contributed by atoms with Crippen molar-refractivity contribution in [3.05, 3.63) is 41.4 Å². The van der Waals surface area contributed by atoms with E-state index in [9.17, 15) is 4.79 Å². The quantitative estimate of drug-likeness (QED) is 0.880. The number of thiazole rings is 1. The smallest absolute Gasteiger partial charge is 0.227 e. The molecule has 3 N–H and O–H groups in total. The van der Waals surface area contributed by atoms with E-state index in [1.165, 1.54) is 0 Å². The number of carbonyl (C=O) groups is 1. The molecule has 1 aliphatic heterocycles. The Morgan fingerprint density at radius 3 is 2.74 bits per heavy atom. The lowest BCUT2D eigenvalue weighted by Crippen LogP contribution is -2.49. The van der Waals surface area contributed by atoms with E-state index in [4.69, 9.17) is 10.5 Å². The van der Waals surface area contributed by atoms with Gasteiger partial charge in [0.25, 0.3) is 0 Å². The second-order valence-electron chi connectivity index (χ2n) is 5.79. The van der Waals surface area contributed by atoms with Gasteiger partial charge in [0.05, 0.1) is 17.7 Å². The molecule has 3 rings (SSSR count). The molecule has 0 atom stereocenters. The molecule has 2 heterocycles. The Morgan fingerprint density at radius 1 is 1.30 bits per heavy atom. The van der Waals surface area contributed by atoms with Gasteiger partial charge in [0, 0.05) is 30.7 Å². The van der Waals surface area contributed by atoms with Crippen LogP contribution in [-0.4, -0.2) is 30.6 Å². The zero-order valence-electron chi connectivity index (χ0n) is 13.0. The Morgan fingerprint density at radius 2 is 2.04 bits per heavy atom. The van der Waals surface area contributed by atoms with Gasteiger partial charge < -0.3 is 15.8 Å². The van der Waals surface area contributed by atoms with Crippen LogP contribution in [0.3, 0.4) is 0 Å². The van der Waals surface area contributed by atoms with Gasteiger partial charge in [-0.1, -0.05) is 30.3 Å². The maximum Gasteiger partial charge on any atom is 0.227 e. The van der Waals surface area contributed by atoms with Gasteiger partial charge in [0.2, 0.25) is 5.91 Å². The normalized spacial score (nSPS) is 16.9. The molecule has 1 aromatic heterocycles. The minimum atomic E-state index is -0.490. The van der Waals surface area contributed by atoms with E-state index in [-0.39, 0.29) is 5.91 Å². The van der Waals surface area contributed by atoms with Crippen LogP contribution >= 0.6 is 11.3 Å². The SMILES string of the molecule is NCC1(C(=O)NCc2csc(-c3ccccc3)n2)CCOCC1. The van der Waals surface area contributed by atoms with Crippen LogP contribution in [0.4, 0.5) is 0 Å². The van der Waals surface area contributed by atoms with Crippen LogP contribution in [0, 0.1) is 5.41 Å². The third-order valence-corrected chi connectivity index (χ3v) is 5.27. The van der Waals surface area contributed by atoms with E-state index in [2.05, 4.69) is 10.3 Å². The molecule has 1 fully saturated rings. The van der Waals surface area contributed by atoms with Crippen LogP contribution in [0.1, 0.15) is 18.5 Å². The van der Waals surface area contributed by atoms with Crippen molar-refractivity contribution in [1.82, 2.24) is 10.3 Å². The summed E-state index contributed by atoms with van der Waals surface area (Å²) in [5, 5.41) is 5.95.